The number of rotatable bonds is 6. The van der Waals surface area contributed by atoms with Gasteiger partial charge in [0.1, 0.15) is 12.4 Å². The second-order valence-electron chi connectivity index (χ2n) is 7.27. The van der Waals surface area contributed by atoms with Crippen molar-refractivity contribution >= 4 is 17.2 Å². The van der Waals surface area contributed by atoms with Crippen molar-refractivity contribution in [2.45, 2.75) is 25.4 Å². The average Bonchev–Trinajstić information content (AvgIpc) is 2.74. The first-order chi connectivity index (χ1) is 14.2. The summed E-state index contributed by atoms with van der Waals surface area (Å²) in [7, 11) is 0. The number of ketones is 1. The molecule has 0 aliphatic heterocycles. The van der Waals surface area contributed by atoms with E-state index in [1.165, 1.54) is 0 Å². The number of para-hydroxylation sites is 3. The summed E-state index contributed by atoms with van der Waals surface area (Å²) in [6.07, 6.45) is 2.89. The molecule has 0 heterocycles. The molecule has 0 bridgehead atoms. The number of nitrogens with one attached hydrogen (secondary N) is 1. The second kappa shape index (κ2) is 8.65. The Balaban J connectivity index is 1.52. The van der Waals surface area contributed by atoms with Crippen LogP contribution < -0.4 is 15.8 Å². The van der Waals surface area contributed by atoms with Gasteiger partial charge in [0, 0.05) is 24.1 Å². The topological polar surface area (TPSA) is 64.3 Å². The van der Waals surface area contributed by atoms with Crippen LogP contribution in [0, 0.1) is 0 Å². The molecular formula is C25H24N2O2. The van der Waals surface area contributed by atoms with Crippen LogP contribution in [-0.4, -0.2) is 5.78 Å². The summed E-state index contributed by atoms with van der Waals surface area (Å²) in [5.41, 5.74) is 10.6. The van der Waals surface area contributed by atoms with E-state index < -0.39 is 0 Å². The fourth-order valence-electron chi connectivity index (χ4n) is 3.67. The molecule has 3 aromatic rings. The Morgan fingerprint density at radius 1 is 0.897 bits per heavy atom. The van der Waals surface area contributed by atoms with Crippen LogP contribution in [0.1, 0.15) is 29.9 Å². The lowest BCUT2D eigenvalue weighted by Gasteiger charge is -2.25. The second-order valence-corrected chi connectivity index (χ2v) is 7.27. The van der Waals surface area contributed by atoms with Gasteiger partial charge in [0.05, 0.1) is 11.4 Å². The van der Waals surface area contributed by atoms with Crippen LogP contribution in [0.3, 0.4) is 0 Å². The van der Waals surface area contributed by atoms with Crippen LogP contribution in [-0.2, 0) is 11.4 Å². The molecule has 0 radical (unpaired) electrons. The third kappa shape index (κ3) is 4.66. The molecule has 0 aromatic heterocycles. The highest BCUT2D eigenvalue weighted by atomic mass is 16.5. The highest BCUT2D eigenvalue weighted by Crippen LogP contribution is 2.37. The first-order valence-corrected chi connectivity index (χ1v) is 9.79. The molecule has 0 amide bonds. The summed E-state index contributed by atoms with van der Waals surface area (Å²) >= 11 is 0. The lowest BCUT2D eigenvalue weighted by atomic mass is 9.85. The van der Waals surface area contributed by atoms with Gasteiger partial charge in [0.15, 0.2) is 5.78 Å². The van der Waals surface area contributed by atoms with Crippen LogP contribution in [0.2, 0.25) is 0 Å². The molecule has 3 aromatic carbocycles. The van der Waals surface area contributed by atoms with E-state index in [4.69, 9.17) is 10.5 Å². The number of anilines is 2. The van der Waals surface area contributed by atoms with Crippen molar-refractivity contribution in [1.29, 1.82) is 0 Å². The summed E-state index contributed by atoms with van der Waals surface area (Å²) in [6, 6.07) is 25.7. The first kappa shape index (κ1) is 18.8. The SMILES string of the molecule is Nc1ccccc1NC1=CC(=O)CC(c2ccccc2OCc2ccccc2)C1. The number of hydrogen-bond donors (Lipinski definition) is 2. The molecule has 29 heavy (non-hydrogen) atoms. The van der Waals surface area contributed by atoms with Crippen molar-refractivity contribution in [3.63, 3.8) is 0 Å². The Kier molecular flexibility index (Phi) is 5.61. The number of ether oxygens (including phenoxy) is 1. The number of hydrogen-bond acceptors (Lipinski definition) is 4. The van der Waals surface area contributed by atoms with Gasteiger partial charge in [-0.2, -0.15) is 0 Å². The van der Waals surface area contributed by atoms with Crippen LogP contribution in [0.25, 0.3) is 0 Å². The molecule has 4 rings (SSSR count). The van der Waals surface area contributed by atoms with Crippen molar-refractivity contribution in [2.75, 3.05) is 11.1 Å². The average molecular weight is 384 g/mol. The van der Waals surface area contributed by atoms with Crippen molar-refractivity contribution in [2.24, 2.45) is 0 Å². The van der Waals surface area contributed by atoms with Gasteiger partial charge in [-0.15, -0.1) is 0 Å². The molecule has 1 aliphatic rings. The smallest absolute Gasteiger partial charge is 0.158 e. The minimum Gasteiger partial charge on any atom is -0.489 e. The Bertz CT molecular complexity index is 1030. The van der Waals surface area contributed by atoms with Crippen molar-refractivity contribution in [1.82, 2.24) is 0 Å². The lowest BCUT2D eigenvalue weighted by molar-refractivity contribution is -0.115. The van der Waals surface area contributed by atoms with Gasteiger partial charge in [0.25, 0.3) is 0 Å². The molecule has 1 aliphatic carbocycles. The van der Waals surface area contributed by atoms with Gasteiger partial charge >= 0.3 is 0 Å². The zero-order valence-corrected chi connectivity index (χ0v) is 16.2. The minimum absolute atomic E-state index is 0.0620. The lowest BCUT2D eigenvalue weighted by Crippen LogP contribution is -2.17. The third-order valence-corrected chi connectivity index (χ3v) is 5.10. The van der Waals surface area contributed by atoms with Crippen LogP contribution in [0.4, 0.5) is 11.4 Å². The molecule has 1 atom stereocenters. The number of nitrogens with two attached hydrogens (primary N) is 1. The quantitative estimate of drug-likeness (QED) is 0.567. The van der Waals surface area contributed by atoms with E-state index in [1.807, 2.05) is 72.8 Å². The van der Waals surface area contributed by atoms with Gasteiger partial charge in [-0.3, -0.25) is 4.79 Å². The molecular weight excluding hydrogens is 360 g/mol. The number of nitrogen functional groups attached to an aromatic ring is 1. The Morgan fingerprint density at radius 3 is 2.45 bits per heavy atom. The van der Waals surface area contributed by atoms with E-state index in [1.54, 1.807) is 6.08 Å². The Labute approximate surface area is 171 Å². The number of carbonyl (C=O) groups is 1. The molecule has 3 N–H and O–H groups in total. The maximum absolute atomic E-state index is 12.4. The van der Waals surface area contributed by atoms with Gasteiger partial charge in [-0.25, -0.2) is 0 Å². The van der Waals surface area contributed by atoms with Crippen molar-refractivity contribution in [3.8, 4) is 5.75 Å². The summed E-state index contributed by atoms with van der Waals surface area (Å²) in [6.45, 7) is 0.500. The van der Waals surface area contributed by atoms with E-state index in [2.05, 4.69) is 11.4 Å². The molecule has 4 heteroatoms. The van der Waals surface area contributed by atoms with E-state index in [9.17, 15) is 4.79 Å². The molecule has 4 nitrogen and oxygen atoms in total. The molecule has 1 unspecified atom stereocenters. The van der Waals surface area contributed by atoms with E-state index in [0.717, 1.165) is 34.7 Å². The maximum Gasteiger partial charge on any atom is 0.158 e. The standard InChI is InChI=1S/C25H24N2O2/c26-23-11-5-6-12-24(23)27-20-14-19(15-21(28)16-20)22-10-4-7-13-25(22)29-17-18-8-2-1-3-9-18/h1-13,16,19,27H,14-15,17,26H2. The number of allylic oxidation sites excluding steroid dienone is 2. The van der Waals surface area contributed by atoms with Crippen LogP contribution >= 0.6 is 0 Å². The predicted octanol–water partition coefficient (Wildman–Crippen LogP) is 5.29. The molecule has 0 spiro atoms. The van der Waals surface area contributed by atoms with Gasteiger partial charge < -0.3 is 15.8 Å². The Morgan fingerprint density at radius 2 is 1.62 bits per heavy atom. The fraction of sp³-hybridized carbons (Fsp3) is 0.160. The summed E-state index contributed by atoms with van der Waals surface area (Å²) in [5.74, 6) is 0.998. The summed E-state index contributed by atoms with van der Waals surface area (Å²) < 4.78 is 6.11. The predicted molar refractivity (Wildman–Crippen MR) is 117 cm³/mol. The minimum atomic E-state index is 0.0620. The first-order valence-electron chi connectivity index (χ1n) is 9.79. The maximum atomic E-state index is 12.4. The highest BCUT2D eigenvalue weighted by molar-refractivity contribution is 5.93. The Hall–Kier alpha value is -3.53. The van der Waals surface area contributed by atoms with E-state index in [0.29, 0.717) is 18.7 Å². The molecule has 0 fully saturated rings. The third-order valence-electron chi connectivity index (χ3n) is 5.10. The number of carbonyl (C=O) groups excluding carboxylic acids is 1. The molecule has 0 saturated heterocycles. The monoisotopic (exact) mass is 384 g/mol. The zero-order valence-electron chi connectivity index (χ0n) is 16.2. The molecule has 0 saturated carbocycles. The molecule has 146 valence electrons. The van der Waals surface area contributed by atoms with Gasteiger partial charge in [-0.1, -0.05) is 60.7 Å². The van der Waals surface area contributed by atoms with E-state index >= 15 is 0 Å². The summed E-state index contributed by atoms with van der Waals surface area (Å²) in [5, 5.41) is 3.33. The van der Waals surface area contributed by atoms with E-state index in [-0.39, 0.29) is 11.7 Å². The van der Waals surface area contributed by atoms with Gasteiger partial charge in [-0.05, 0) is 35.7 Å². The van der Waals surface area contributed by atoms with Crippen molar-refractivity contribution in [3.05, 3.63) is 102 Å². The zero-order chi connectivity index (χ0) is 20.1. The normalized spacial score (nSPS) is 16.2. The highest BCUT2D eigenvalue weighted by Gasteiger charge is 2.25. The van der Waals surface area contributed by atoms with Crippen LogP contribution in [0.5, 0.6) is 5.75 Å². The number of benzene rings is 3. The van der Waals surface area contributed by atoms with Crippen LogP contribution in [0.15, 0.2) is 90.6 Å². The van der Waals surface area contributed by atoms with Crippen molar-refractivity contribution < 1.29 is 9.53 Å². The fourth-order valence-corrected chi connectivity index (χ4v) is 3.67. The van der Waals surface area contributed by atoms with Gasteiger partial charge in [0.2, 0.25) is 0 Å². The largest absolute Gasteiger partial charge is 0.489 e. The summed E-state index contributed by atoms with van der Waals surface area (Å²) in [4.78, 5) is 12.4.